The topological polar surface area (TPSA) is 62.2 Å². The number of epoxide rings is 1. The molecule has 0 aromatic heterocycles. The summed E-state index contributed by atoms with van der Waals surface area (Å²) in [6.07, 6.45) is 10.5. The van der Waals surface area contributed by atoms with Crippen LogP contribution in [0.4, 0.5) is 0 Å². The molecular weight excluding hydrogens is 304 g/mol. The molecule has 1 saturated heterocycles. The van der Waals surface area contributed by atoms with Gasteiger partial charge in [0, 0.05) is 0 Å². The molecule has 0 bridgehead atoms. The molecule has 3 rings (SSSR count). The summed E-state index contributed by atoms with van der Waals surface area (Å²) in [6.45, 7) is 10.3. The minimum Gasteiger partial charge on any atom is -0.390 e. The second-order valence-electron chi connectivity index (χ2n) is 9.72. The molecule has 0 amide bonds. The van der Waals surface area contributed by atoms with Crippen molar-refractivity contribution in [2.24, 2.45) is 17.3 Å². The van der Waals surface area contributed by atoms with Gasteiger partial charge in [0.05, 0.1) is 17.3 Å². The molecule has 1 aliphatic heterocycles. The number of hydrogen-bond acceptors (Lipinski definition) is 4. The van der Waals surface area contributed by atoms with Crippen LogP contribution in [0.1, 0.15) is 73.1 Å². The summed E-state index contributed by atoms with van der Waals surface area (Å²) in [4.78, 5) is 4.50. The Morgan fingerprint density at radius 2 is 1.88 bits per heavy atom. The molecule has 2 aliphatic carbocycles. The van der Waals surface area contributed by atoms with Crippen molar-refractivity contribution < 1.29 is 20.0 Å². The van der Waals surface area contributed by atoms with Gasteiger partial charge in [0.15, 0.2) is 0 Å². The standard InChI is InChI=1S/C20H34O4/c1-17(2,24-22)8-6-9-18(3)11-12-20(5)16(23-20)7-10-19(4,21)15-13-14(15)18/h6,8,14-16,21-22H,7,9-13H2,1-5H3/b8-6-/t14-,15-,16-,18+,19-,20-/m0/s1. The normalized spacial score (nSPS) is 48.7. The lowest BCUT2D eigenvalue weighted by molar-refractivity contribution is -0.297. The van der Waals surface area contributed by atoms with E-state index in [1.54, 1.807) is 0 Å². The molecule has 4 nitrogen and oxygen atoms in total. The van der Waals surface area contributed by atoms with E-state index in [4.69, 9.17) is 9.99 Å². The highest BCUT2D eigenvalue weighted by molar-refractivity contribution is 5.12. The molecule has 0 aromatic rings. The quantitative estimate of drug-likeness (QED) is 0.347. The number of hydrogen-bond donors (Lipinski definition) is 2. The molecule has 4 heteroatoms. The van der Waals surface area contributed by atoms with Crippen LogP contribution in [0, 0.1) is 17.3 Å². The number of allylic oxidation sites excluding steroid dienone is 1. The van der Waals surface area contributed by atoms with Gasteiger partial charge in [0.2, 0.25) is 0 Å². The predicted octanol–water partition coefficient (Wildman–Crippen LogP) is 4.33. The Labute approximate surface area is 146 Å². The third-order valence-electron chi connectivity index (χ3n) is 6.96. The molecule has 0 unspecified atom stereocenters. The summed E-state index contributed by atoms with van der Waals surface area (Å²) in [5.41, 5.74) is -1.06. The molecule has 0 radical (unpaired) electrons. The van der Waals surface area contributed by atoms with E-state index >= 15 is 0 Å². The van der Waals surface area contributed by atoms with Crippen molar-refractivity contribution in [2.75, 3.05) is 0 Å². The first kappa shape index (κ1) is 18.4. The van der Waals surface area contributed by atoms with Crippen LogP contribution < -0.4 is 0 Å². The first-order valence-corrected chi connectivity index (χ1v) is 9.42. The lowest BCUT2D eigenvalue weighted by Crippen LogP contribution is -2.33. The van der Waals surface area contributed by atoms with Crippen LogP contribution in [0.3, 0.4) is 0 Å². The van der Waals surface area contributed by atoms with Crippen LogP contribution >= 0.6 is 0 Å². The largest absolute Gasteiger partial charge is 0.390 e. The molecule has 0 spiro atoms. The summed E-state index contributed by atoms with van der Waals surface area (Å²) in [5.74, 6) is 0.968. The molecular formula is C20H34O4. The highest BCUT2D eigenvalue weighted by Crippen LogP contribution is 2.62. The van der Waals surface area contributed by atoms with Crippen LogP contribution in [-0.4, -0.2) is 33.3 Å². The van der Waals surface area contributed by atoms with E-state index in [-0.39, 0.29) is 11.0 Å². The zero-order valence-electron chi connectivity index (χ0n) is 15.8. The van der Waals surface area contributed by atoms with Crippen LogP contribution in [0.5, 0.6) is 0 Å². The minimum absolute atomic E-state index is 0.0102. The summed E-state index contributed by atoms with van der Waals surface area (Å²) in [7, 11) is 0. The highest BCUT2D eigenvalue weighted by atomic mass is 17.1. The Kier molecular flexibility index (Phi) is 4.44. The fourth-order valence-corrected chi connectivity index (χ4v) is 4.75. The monoisotopic (exact) mass is 338 g/mol. The summed E-state index contributed by atoms with van der Waals surface area (Å²) in [6, 6.07) is 0. The van der Waals surface area contributed by atoms with Crippen molar-refractivity contribution in [3.05, 3.63) is 12.2 Å². The number of rotatable bonds is 4. The average molecular weight is 338 g/mol. The summed E-state index contributed by atoms with van der Waals surface area (Å²) >= 11 is 0. The van der Waals surface area contributed by atoms with Gasteiger partial charge in [-0.3, -0.25) is 5.26 Å². The molecule has 1 heterocycles. The summed E-state index contributed by atoms with van der Waals surface area (Å²) < 4.78 is 5.97. The van der Waals surface area contributed by atoms with Gasteiger partial charge in [-0.25, -0.2) is 4.89 Å². The smallest absolute Gasteiger partial charge is 0.116 e. The van der Waals surface area contributed by atoms with Gasteiger partial charge in [-0.1, -0.05) is 19.1 Å². The summed E-state index contributed by atoms with van der Waals surface area (Å²) in [5, 5.41) is 19.9. The van der Waals surface area contributed by atoms with Gasteiger partial charge in [0.25, 0.3) is 0 Å². The highest BCUT2D eigenvalue weighted by Gasteiger charge is 2.60. The third kappa shape index (κ3) is 3.57. The Balaban J connectivity index is 1.74. The van der Waals surface area contributed by atoms with Crippen molar-refractivity contribution in [1.82, 2.24) is 0 Å². The molecule has 3 aliphatic rings. The lowest BCUT2D eigenvalue weighted by atomic mass is 9.72. The fourth-order valence-electron chi connectivity index (χ4n) is 4.75. The second kappa shape index (κ2) is 5.80. The van der Waals surface area contributed by atoms with Gasteiger partial charge in [-0.15, -0.1) is 0 Å². The van der Waals surface area contributed by atoms with Crippen LogP contribution in [0.25, 0.3) is 0 Å². The van der Waals surface area contributed by atoms with E-state index in [0.29, 0.717) is 17.9 Å². The van der Waals surface area contributed by atoms with E-state index in [9.17, 15) is 5.11 Å². The zero-order valence-corrected chi connectivity index (χ0v) is 15.8. The lowest BCUT2D eigenvalue weighted by Gasteiger charge is -2.34. The van der Waals surface area contributed by atoms with Crippen LogP contribution in [0.15, 0.2) is 12.2 Å². The van der Waals surface area contributed by atoms with E-state index in [2.05, 4.69) is 24.8 Å². The van der Waals surface area contributed by atoms with Crippen molar-refractivity contribution in [3.8, 4) is 0 Å². The van der Waals surface area contributed by atoms with Gasteiger partial charge in [0.1, 0.15) is 5.60 Å². The van der Waals surface area contributed by atoms with E-state index in [0.717, 1.165) is 38.5 Å². The van der Waals surface area contributed by atoms with E-state index in [1.807, 2.05) is 26.8 Å². The maximum Gasteiger partial charge on any atom is 0.116 e. The molecule has 24 heavy (non-hydrogen) atoms. The molecule has 0 aromatic carbocycles. The maximum absolute atomic E-state index is 10.9. The SMILES string of the molecule is CC(C)(/C=C\C[C@]1(C)CC[C@]2(C)O[C@H]2CC[C@](C)(O)[C@H]2C[C@@H]21)OO. The average Bonchev–Trinajstić information content (AvgIpc) is 3.38. The van der Waals surface area contributed by atoms with Gasteiger partial charge in [-0.2, -0.15) is 0 Å². The van der Waals surface area contributed by atoms with Crippen molar-refractivity contribution in [3.63, 3.8) is 0 Å². The van der Waals surface area contributed by atoms with E-state index in [1.165, 1.54) is 0 Å². The minimum atomic E-state index is -0.655. The first-order chi connectivity index (χ1) is 11.0. The van der Waals surface area contributed by atoms with Crippen molar-refractivity contribution in [2.45, 2.75) is 96.1 Å². The van der Waals surface area contributed by atoms with Crippen LogP contribution in [0.2, 0.25) is 0 Å². The number of ether oxygens (including phenoxy) is 1. The first-order valence-electron chi connectivity index (χ1n) is 9.42. The Hall–Kier alpha value is -0.420. The van der Waals surface area contributed by atoms with Gasteiger partial charge in [-0.05, 0) is 83.5 Å². The second-order valence-corrected chi connectivity index (χ2v) is 9.72. The Bertz CT molecular complexity index is 512. The molecule has 138 valence electrons. The fraction of sp³-hybridized carbons (Fsp3) is 0.900. The van der Waals surface area contributed by atoms with Crippen LogP contribution in [-0.2, 0) is 9.62 Å². The number of fused-ring (bicyclic) bond motifs is 2. The Morgan fingerprint density at radius 3 is 2.54 bits per heavy atom. The predicted molar refractivity (Wildman–Crippen MR) is 93.6 cm³/mol. The molecule has 2 saturated carbocycles. The zero-order chi connectivity index (χ0) is 17.8. The van der Waals surface area contributed by atoms with Gasteiger partial charge >= 0.3 is 0 Å². The Morgan fingerprint density at radius 1 is 1.17 bits per heavy atom. The molecule has 6 atom stereocenters. The number of aliphatic hydroxyl groups is 1. The van der Waals surface area contributed by atoms with Crippen molar-refractivity contribution in [1.29, 1.82) is 0 Å². The maximum atomic E-state index is 10.9. The molecule has 2 N–H and O–H groups in total. The third-order valence-corrected chi connectivity index (χ3v) is 6.96. The van der Waals surface area contributed by atoms with E-state index < -0.39 is 11.2 Å². The molecule has 3 fully saturated rings. The van der Waals surface area contributed by atoms with Crippen molar-refractivity contribution >= 4 is 0 Å². The van der Waals surface area contributed by atoms with Gasteiger partial charge < -0.3 is 9.84 Å².